The monoisotopic (exact) mass is 1370 g/mol. The van der Waals surface area contributed by atoms with Gasteiger partial charge in [-0.05, 0) is 64.2 Å². The van der Waals surface area contributed by atoms with Crippen molar-refractivity contribution in [3.05, 3.63) is 48.6 Å². The second-order valence-electron chi connectivity index (χ2n) is 25.6. The van der Waals surface area contributed by atoms with Gasteiger partial charge in [-0.25, -0.2) is 9.13 Å². The minimum Gasteiger partial charge on any atom is -0.462 e. The molecule has 5 unspecified atom stereocenters. The largest absolute Gasteiger partial charge is 0.472 e. The molecular formula is C75H138O17P2. The summed E-state index contributed by atoms with van der Waals surface area (Å²) in [5.74, 6) is -2.15. The highest BCUT2D eigenvalue weighted by molar-refractivity contribution is 7.47. The Morgan fingerprint density at radius 2 is 0.553 bits per heavy atom. The Morgan fingerprint density at radius 1 is 0.309 bits per heavy atom. The maximum absolute atomic E-state index is 13.0. The van der Waals surface area contributed by atoms with Gasteiger partial charge in [0.2, 0.25) is 0 Å². The Hall–Kier alpha value is -2.98. The van der Waals surface area contributed by atoms with Crippen molar-refractivity contribution in [2.45, 2.75) is 367 Å². The number of carbonyl (C=O) groups is 4. The van der Waals surface area contributed by atoms with Crippen LogP contribution in [0.2, 0.25) is 0 Å². The van der Waals surface area contributed by atoms with E-state index < -0.39 is 97.5 Å². The molecule has 550 valence electrons. The molecule has 0 saturated carbocycles. The number of hydrogen-bond acceptors (Lipinski definition) is 15. The molecule has 0 aromatic rings. The first-order valence-corrected chi connectivity index (χ1v) is 40.9. The number of hydrogen-bond donors (Lipinski definition) is 3. The average Bonchev–Trinajstić information content (AvgIpc) is 1.24. The van der Waals surface area contributed by atoms with Gasteiger partial charge in [0, 0.05) is 25.7 Å². The van der Waals surface area contributed by atoms with Crippen LogP contribution in [0.5, 0.6) is 0 Å². The van der Waals surface area contributed by atoms with Crippen molar-refractivity contribution < 1.29 is 80.2 Å². The van der Waals surface area contributed by atoms with Crippen molar-refractivity contribution in [2.75, 3.05) is 39.6 Å². The molecule has 0 aliphatic rings. The first-order chi connectivity index (χ1) is 45.7. The van der Waals surface area contributed by atoms with Crippen molar-refractivity contribution in [3.63, 3.8) is 0 Å². The third-order valence-electron chi connectivity index (χ3n) is 16.3. The van der Waals surface area contributed by atoms with Crippen molar-refractivity contribution in [3.8, 4) is 0 Å². The SMILES string of the molecule is CC/C=C\C/C=C\C/C=C\C/C=C\CCCCCCCCC(=O)OCC(COP(=O)(O)OCC(O)COP(=O)(O)OCC(COC(=O)CCCCCCCCCCCCCCC)OC(=O)CCCCCCCCCCCCC)OC(=O)CCCCCCCCCCCCC. The van der Waals surface area contributed by atoms with Gasteiger partial charge in [-0.3, -0.25) is 37.3 Å². The number of unbranched alkanes of at least 4 members (excludes halogenated alkanes) is 38. The molecule has 0 aliphatic carbocycles. The summed E-state index contributed by atoms with van der Waals surface area (Å²) in [6.45, 7) is 4.79. The van der Waals surface area contributed by atoms with Crippen LogP contribution in [-0.4, -0.2) is 96.7 Å². The Bertz CT molecular complexity index is 1980. The third kappa shape index (κ3) is 67.6. The maximum atomic E-state index is 13.0. The second-order valence-corrected chi connectivity index (χ2v) is 28.5. The van der Waals surface area contributed by atoms with Crippen LogP contribution in [0.25, 0.3) is 0 Å². The van der Waals surface area contributed by atoms with Crippen molar-refractivity contribution in [2.24, 2.45) is 0 Å². The number of carbonyl (C=O) groups excluding carboxylic acids is 4. The van der Waals surface area contributed by atoms with Gasteiger partial charge in [-0.1, -0.05) is 307 Å². The molecule has 0 radical (unpaired) electrons. The molecule has 94 heavy (non-hydrogen) atoms. The molecule has 0 aromatic heterocycles. The number of phosphoric acid groups is 2. The summed E-state index contributed by atoms with van der Waals surface area (Å²) in [6, 6.07) is 0. The smallest absolute Gasteiger partial charge is 0.462 e. The quantitative estimate of drug-likeness (QED) is 0.0169. The second kappa shape index (κ2) is 68.5. The topological polar surface area (TPSA) is 237 Å². The Kier molecular flexibility index (Phi) is 66.4. The van der Waals surface area contributed by atoms with Crippen molar-refractivity contribution in [1.29, 1.82) is 0 Å². The van der Waals surface area contributed by atoms with Crippen LogP contribution >= 0.6 is 15.6 Å². The van der Waals surface area contributed by atoms with E-state index in [1.165, 1.54) is 135 Å². The molecule has 0 saturated heterocycles. The lowest BCUT2D eigenvalue weighted by Crippen LogP contribution is -2.30. The van der Waals surface area contributed by atoms with E-state index in [0.717, 1.165) is 135 Å². The highest BCUT2D eigenvalue weighted by atomic mass is 31.2. The molecule has 0 aromatic carbocycles. The van der Waals surface area contributed by atoms with E-state index in [4.69, 9.17) is 37.0 Å². The minimum absolute atomic E-state index is 0.0983. The zero-order valence-corrected chi connectivity index (χ0v) is 61.7. The molecule has 5 atom stereocenters. The predicted molar refractivity (Wildman–Crippen MR) is 381 cm³/mol. The number of esters is 4. The summed E-state index contributed by atoms with van der Waals surface area (Å²) in [4.78, 5) is 72.7. The first kappa shape index (κ1) is 91.0. The molecule has 0 heterocycles. The summed E-state index contributed by atoms with van der Waals surface area (Å²) < 4.78 is 68.4. The highest BCUT2D eigenvalue weighted by Gasteiger charge is 2.30. The lowest BCUT2D eigenvalue weighted by atomic mass is 10.0. The molecule has 0 rings (SSSR count). The number of ether oxygens (including phenoxy) is 4. The number of phosphoric ester groups is 2. The number of rotatable bonds is 72. The fourth-order valence-corrected chi connectivity index (χ4v) is 12.1. The molecule has 0 spiro atoms. The van der Waals surface area contributed by atoms with Crippen LogP contribution in [0.15, 0.2) is 48.6 Å². The van der Waals surface area contributed by atoms with Gasteiger partial charge in [0.15, 0.2) is 12.2 Å². The van der Waals surface area contributed by atoms with E-state index >= 15 is 0 Å². The zero-order chi connectivity index (χ0) is 69.0. The standard InChI is InChI=1S/C75H138O17P2/c1-5-9-13-17-21-25-29-31-32-33-34-35-36-38-42-44-48-52-56-60-73(78)86-66-71(92-75(80)62-58-54-50-46-40-28-24-20-16-12-8-4)68-90-94(83,84)88-64-69(76)63-87-93(81,82)89-67-70(91-74(79)61-57-53-49-45-39-27-23-19-15-11-7-3)65-85-72(77)59-55-51-47-43-41-37-30-26-22-18-14-10-6-2/h9,13,21,25,31-32,34-35,69-71,76H,5-8,10-12,14-20,22-24,26-30,33,36-68H2,1-4H3,(H,81,82)(H,83,84)/b13-9-,25-21-,32-31-,35-34-. The summed E-state index contributed by atoms with van der Waals surface area (Å²) in [5, 5.41) is 10.6. The third-order valence-corrected chi connectivity index (χ3v) is 18.2. The van der Waals surface area contributed by atoms with Crippen LogP contribution in [0.4, 0.5) is 0 Å². The molecule has 0 fully saturated rings. The van der Waals surface area contributed by atoms with Gasteiger partial charge >= 0.3 is 39.5 Å². The van der Waals surface area contributed by atoms with Gasteiger partial charge in [0.25, 0.3) is 0 Å². The minimum atomic E-state index is -4.96. The lowest BCUT2D eigenvalue weighted by molar-refractivity contribution is -0.161. The molecule has 19 heteroatoms. The van der Waals surface area contributed by atoms with Crippen LogP contribution in [0.1, 0.15) is 349 Å². The van der Waals surface area contributed by atoms with Gasteiger partial charge in [-0.15, -0.1) is 0 Å². The Balaban J connectivity index is 5.24. The average molecular weight is 1370 g/mol. The van der Waals surface area contributed by atoms with E-state index in [1.54, 1.807) is 0 Å². The number of allylic oxidation sites excluding steroid dienone is 8. The molecule has 0 bridgehead atoms. The number of aliphatic hydroxyl groups is 1. The van der Waals surface area contributed by atoms with Crippen LogP contribution in [0, 0.1) is 0 Å². The van der Waals surface area contributed by atoms with Crippen LogP contribution in [-0.2, 0) is 65.4 Å². The van der Waals surface area contributed by atoms with Crippen LogP contribution < -0.4 is 0 Å². The summed E-state index contributed by atoms with van der Waals surface area (Å²) in [6.07, 6.45) is 63.9. The van der Waals surface area contributed by atoms with Gasteiger partial charge < -0.3 is 33.8 Å². The highest BCUT2D eigenvalue weighted by Crippen LogP contribution is 2.45. The maximum Gasteiger partial charge on any atom is 0.472 e. The summed E-state index contributed by atoms with van der Waals surface area (Å²) >= 11 is 0. The molecule has 0 aliphatic heterocycles. The fraction of sp³-hybridized carbons (Fsp3) is 0.840. The van der Waals surface area contributed by atoms with Gasteiger partial charge in [0.05, 0.1) is 26.4 Å². The molecule has 3 N–H and O–H groups in total. The number of aliphatic hydroxyl groups excluding tert-OH is 1. The van der Waals surface area contributed by atoms with E-state index in [1.807, 2.05) is 0 Å². The van der Waals surface area contributed by atoms with Gasteiger partial charge in [0.1, 0.15) is 19.3 Å². The van der Waals surface area contributed by atoms with Crippen LogP contribution in [0.3, 0.4) is 0 Å². The molecule has 17 nitrogen and oxygen atoms in total. The summed E-state index contributed by atoms with van der Waals surface area (Å²) in [7, 11) is -9.92. The summed E-state index contributed by atoms with van der Waals surface area (Å²) in [5.41, 5.74) is 0. The predicted octanol–water partition coefficient (Wildman–Crippen LogP) is 21.3. The Labute approximate surface area is 572 Å². The van der Waals surface area contributed by atoms with Crippen molar-refractivity contribution in [1.82, 2.24) is 0 Å². The zero-order valence-electron chi connectivity index (χ0n) is 59.9. The van der Waals surface area contributed by atoms with E-state index in [2.05, 4.69) is 76.3 Å². The molecular weight excluding hydrogens is 1230 g/mol. The first-order valence-electron chi connectivity index (χ1n) is 37.9. The van der Waals surface area contributed by atoms with E-state index in [-0.39, 0.29) is 25.7 Å². The van der Waals surface area contributed by atoms with E-state index in [0.29, 0.717) is 25.7 Å². The van der Waals surface area contributed by atoms with Gasteiger partial charge in [-0.2, -0.15) is 0 Å². The fourth-order valence-electron chi connectivity index (χ4n) is 10.6. The lowest BCUT2D eigenvalue weighted by Gasteiger charge is -2.21. The van der Waals surface area contributed by atoms with Crippen molar-refractivity contribution >= 4 is 39.5 Å². The van der Waals surface area contributed by atoms with E-state index in [9.17, 15) is 43.2 Å². The normalized spacial score (nSPS) is 14.2. The Morgan fingerprint density at radius 3 is 0.851 bits per heavy atom. The molecule has 0 amide bonds.